The van der Waals surface area contributed by atoms with Crippen molar-refractivity contribution < 1.29 is 50.9 Å². The lowest BCUT2D eigenvalue weighted by atomic mass is 9.78. The number of ether oxygens (including phenoxy) is 4. The first-order valence-electron chi connectivity index (χ1n) is 22.0. The van der Waals surface area contributed by atoms with E-state index < -0.39 is 58.4 Å². The summed E-state index contributed by atoms with van der Waals surface area (Å²) in [4.78, 5) is 52.3. The van der Waals surface area contributed by atoms with E-state index in [0.717, 1.165) is 41.9 Å². The van der Waals surface area contributed by atoms with Crippen LogP contribution in [0.2, 0.25) is 0 Å². The van der Waals surface area contributed by atoms with Crippen LogP contribution in [0.3, 0.4) is 0 Å². The summed E-state index contributed by atoms with van der Waals surface area (Å²) in [6.07, 6.45) is 3.50. The molecule has 3 fully saturated rings. The normalized spacial score (nSPS) is 23.1. The molecule has 338 valence electrons. The van der Waals surface area contributed by atoms with Gasteiger partial charge in [-0.3, -0.25) is 24.5 Å². The number of likely N-dealkylation sites (tertiary alicyclic amines) is 2. The first-order chi connectivity index (χ1) is 30.3. The van der Waals surface area contributed by atoms with E-state index in [-0.39, 0.29) is 54.8 Å². The molecule has 64 heavy (non-hydrogen) atoms. The van der Waals surface area contributed by atoms with Gasteiger partial charge in [0.1, 0.15) is 5.60 Å². The van der Waals surface area contributed by atoms with Crippen LogP contribution in [0.1, 0.15) is 89.0 Å². The van der Waals surface area contributed by atoms with Gasteiger partial charge in [-0.25, -0.2) is 4.79 Å². The van der Waals surface area contributed by atoms with Gasteiger partial charge < -0.3 is 23.8 Å². The quantitative estimate of drug-likeness (QED) is 0.163. The molecule has 0 N–H and O–H groups in total. The standard InChI is InChI=1S/C49H52F4N4O7/c1-27(2)35(23-43(58)61-6)44(59)57-26-47(62-16-17-63-47)24-42(57)39-22-32(25-54-39)30-10-13-34-33-12-9-29(19-36(33)48(50,51)49(52,53)37(34)20-30)28-11-14-38-31(18-28)21-40(55-38)41-8-7-15-56(41)45(60)64-46(3,4)5/h9-14,18-20,25,27,35,41-42H,7-8,15-17,21-24,26H2,1-6H3/t35-,41-,42-/m0/s1. The molecule has 15 heteroatoms. The van der Waals surface area contributed by atoms with Crippen molar-refractivity contribution in [1.29, 1.82) is 0 Å². The lowest BCUT2D eigenvalue weighted by molar-refractivity contribution is -0.225. The van der Waals surface area contributed by atoms with Crippen molar-refractivity contribution in [3.8, 4) is 22.3 Å². The smallest absolute Gasteiger partial charge is 0.410 e. The molecule has 0 radical (unpaired) electrons. The van der Waals surface area contributed by atoms with Crippen molar-refractivity contribution in [3.05, 3.63) is 83.1 Å². The Hall–Kier alpha value is -5.41. The van der Waals surface area contributed by atoms with Crippen LogP contribution in [0.4, 0.5) is 28.0 Å². The molecule has 1 spiro atoms. The van der Waals surface area contributed by atoms with Crippen LogP contribution >= 0.6 is 0 Å². The fourth-order valence-corrected chi connectivity index (χ4v) is 10.0. The Labute approximate surface area is 369 Å². The Morgan fingerprint density at radius 3 is 2.14 bits per heavy atom. The monoisotopic (exact) mass is 884 g/mol. The Bertz CT molecular complexity index is 2520. The minimum atomic E-state index is -4.56. The van der Waals surface area contributed by atoms with Crippen LogP contribution in [0.5, 0.6) is 0 Å². The fraction of sp³-hybridized carbons (Fsp3) is 0.490. The third kappa shape index (κ3) is 7.61. The van der Waals surface area contributed by atoms with E-state index in [1.54, 1.807) is 34.1 Å². The number of alkyl halides is 4. The second-order valence-corrected chi connectivity index (χ2v) is 19.0. The minimum absolute atomic E-state index is 0.00874. The largest absolute Gasteiger partial charge is 0.469 e. The summed E-state index contributed by atoms with van der Waals surface area (Å²) in [6.45, 7) is 10.6. The van der Waals surface area contributed by atoms with Crippen molar-refractivity contribution in [1.82, 2.24) is 9.80 Å². The number of carbonyl (C=O) groups is 3. The predicted octanol–water partition coefficient (Wildman–Crippen LogP) is 9.61. The van der Waals surface area contributed by atoms with E-state index in [2.05, 4.69) is 4.99 Å². The minimum Gasteiger partial charge on any atom is -0.469 e. The molecule has 11 nitrogen and oxygen atoms in total. The van der Waals surface area contributed by atoms with Crippen LogP contribution in [-0.2, 0) is 46.8 Å². The number of carbonyl (C=O) groups excluding carboxylic acids is 3. The van der Waals surface area contributed by atoms with Gasteiger partial charge in [0.05, 0.1) is 57.0 Å². The van der Waals surface area contributed by atoms with Crippen molar-refractivity contribution >= 4 is 40.7 Å². The summed E-state index contributed by atoms with van der Waals surface area (Å²) >= 11 is 0. The molecular formula is C49H52F4N4O7. The molecule has 5 heterocycles. The third-order valence-corrected chi connectivity index (χ3v) is 13.4. The lowest BCUT2D eigenvalue weighted by Gasteiger charge is -2.35. The molecule has 0 unspecified atom stereocenters. The average Bonchev–Trinajstić information content (AvgIpc) is 4.11. The van der Waals surface area contributed by atoms with Crippen LogP contribution in [0.15, 0.2) is 70.8 Å². The predicted molar refractivity (Wildman–Crippen MR) is 232 cm³/mol. The van der Waals surface area contributed by atoms with Gasteiger partial charge in [-0.05, 0) is 103 Å². The highest BCUT2D eigenvalue weighted by molar-refractivity contribution is 6.04. The summed E-state index contributed by atoms with van der Waals surface area (Å²) in [7, 11) is 1.27. The summed E-state index contributed by atoms with van der Waals surface area (Å²) < 4.78 is 87.8. The number of allylic oxidation sites excluding steroid dienone is 1. The number of fused-ring (bicyclic) bond motifs is 4. The SMILES string of the molecule is COC(=O)C[C@H](C(=O)N1CC2(C[C@H]1C1=NC=C(c3ccc4c(c3)C(F)(F)C(F)(F)c3cc(-c5ccc6c(c5)CC([C@@H]5CCCN5C(=O)OC(C)(C)C)=N6)ccc3-4)C1)OCCO2)C(C)C. The number of nitrogens with zero attached hydrogens (tertiary/aromatic N) is 4. The maximum atomic E-state index is 16.3. The van der Waals surface area contributed by atoms with Crippen LogP contribution in [0.25, 0.3) is 27.8 Å². The zero-order valence-electron chi connectivity index (χ0n) is 36.8. The third-order valence-electron chi connectivity index (χ3n) is 13.4. The second kappa shape index (κ2) is 15.9. The zero-order chi connectivity index (χ0) is 45.5. The van der Waals surface area contributed by atoms with E-state index in [4.69, 9.17) is 23.9 Å². The van der Waals surface area contributed by atoms with Gasteiger partial charge >= 0.3 is 23.9 Å². The molecule has 1 aliphatic carbocycles. The van der Waals surface area contributed by atoms with E-state index in [1.807, 2.05) is 40.7 Å². The number of methoxy groups -OCH3 is 1. The van der Waals surface area contributed by atoms with Gasteiger partial charge in [0, 0.05) is 54.6 Å². The molecule has 2 amide bonds. The highest BCUT2D eigenvalue weighted by Gasteiger charge is 2.63. The van der Waals surface area contributed by atoms with Gasteiger partial charge in [0.2, 0.25) is 5.91 Å². The van der Waals surface area contributed by atoms with Gasteiger partial charge in [-0.2, -0.15) is 17.6 Å². The summed E-state index contributed by atoms with van der Waals surface area (Å²) in [5.74, 6) is -11.8. The Morgan fingerprint density at radius 2 is 1.48 bits per heavy atom. The van der Waals surface area contributed by atoms with Crippen molar-refractivity contribution in [2.45, 2.75) is 108 Å². The fourth-order valence-electron chi connectivity index (χ4n) is 10.0. The number of halogens is 4. The molecule has 3 aromatic carbocycles. The molecule has 5 aliphatic heterocycles. The molecule has 6 aliphatic rings. The van der Waals surface area contributed by atoms with Gasteiger partial charge in [-0.1, -0.05) is 44.2 Å². The number of hydrogen-bond donors (Lipinski definition) is 0. The first-order valence-corrected chi connectivity index (χ1v) is 22.0. The molecule has 3 atom stereocenters. The molecule has 3 saturated heterocycles. The number of rotatable bonds is 8. The summed E-state index contributed by atoms with van der Waals surface area (Å²) in [5.41, 5.74) is 2.59. The molecule has 0 saturated carbocycles. The van der Waals surface area contributed by atoms with E-state index in [9.17, 15) is 14.4 Å². The van der Waals surface area contributed by atoms with Crippen molar-refractivity contribution in [2.75, 3.05) is 33.4 Å². The van der Waals surface area contributed by atoms with Gasteiger partial charge in [0.25, 0.3) is 0 Å². The van der Waals surface area contributed by atoms with Gasteiger partial charge in [-0.15, -0.1) is 0 Å². The lowest BCUT2D eigenvalue weighted by Crippen LogP contribution is -2.46. The Balaban J connectivity index is 0.947. The maximum Gasteiger partial charge on any atom is 0.410 e. The topological polar surface area (TPSA) is 119 Å². The second-order valence-electron chi connectivity index (χ2n) is 19.0. The van der Waals surface area contributed by atoms with Crippen LogP contribution in [-0.4, -0.2) is 96.1 Å². The van der Waals surface area contributed by atoms with E-state index >= 15 is 17.6 Å². The number of hydrogen-bond acceptors (Lipinski definition) is 9. The van der Waals surface area contributed by atoms with Crippen molar-refractivity contribution in [3.63, 3.8) is 0 Å². The highest BCUT2D eigenvalue weighted by atomic mass is 19.3. The number of benzene rings is 3. The number of esters is 1. The average molecular weight is 885 g/mol. The maximum absolute atomic E-state index is 16.3. The number of amides is 2. The summed E-state index contributed by atoms with van der Waals surface area (Å²) in [5, 5.41) is 0. The van der Waals surface area contributed by atoms with E-state index in [0.29, 0.717) is 54.2 Å². The summed E-state index contributed by atoms with van der Waals surface area (Å²) in [6, 6.07) is 13.1. The van der Waals surface area contributed by atoms with Crippen LogP contribution in [0, 0.1) is 11.8 Å². The zero-order valence-corrected chi connectivity index (χ0v) is 36.8. The Morgan fingerprint density at radius 1 is 0.844 bits per heavy atom. The highest BCUT2D eigenvalue weighted by Crippen LogP contribution is 2.59. The number of aliphatic imine (C=N–C) groups is 2. The van der Waals surface area contributed by atoms with Gasteiger partial charge in [0.15, 0.2) is 5.79 Å². The molecule has 3 aromatic rings. The molecule has 9 rings (SSSR count). The van der Waals surface area contributed by atoms with Crippen molar-refractivity contribution in [2.24, 2.45) is 21.8 Å². The van der Waals surface area contributed by atoms with E-state index in [1.165, 1.54) is 25.4 Å². The first kappa shape index (κ1) is 43.8. The van der Waals surface area contributed by atoms with Crippen LogP contribution < -0.4 is 0 Å². The molecule has 0 aromatic heterocycles. The Kier molecular flexibility index (Phi) is 10.9. The molecular weight excluding hydrogens is 833 g/mol. The molecule has 0 bridgehead atoms.